The second-order valence-electron chi connectivity index (χ2n) is 2.32. The van der Waals surface area contributed by atoms with Gasteiger partial charge in [0, 0.05) is 0 Å². The topological polar surface area (TPSA) is 43.4 Å². The summed E-state index contributed by atoms with van der Waals surface area (Å²) in [4.78, 5) is 0. The summed E-state index contributed by atoms with van der Waals surface area (Å²) in [7, 11) is -2.75. The van der Waals surface area contributed by atoms with Crippen LogP contribution in [0.4, 0.5) is 0 Å². The van der Waals surface area contributed by atoms with E-state index < -0.39 is 11.0 Å². The Bertz CT molecular complexity index is 323. The van der Waals surface area contributed by atoms with E-state index in [0.29, 0.717) is 0 Å². The molecule has 0 aliphatic heterocycles. The summed E-state index contributed by atoms with van der Waals surface area (Å²) in [6, 6.07) is 7.20. The van der Waals surface area contributed by atoms with E-state index >= 15 is 0 Å². The molecule has 4 heteroatoms. The molecule has 0 aromatic heterocycles. The van der Waals surface area contributed by atoms with Gasteiger partial charge in [-0.15, -0.1) is 0 Å². The van der Waals surface area contributed by atoms with Crippen molar-refractivity contribution in [2.75, 3.05) is 0 Å². The van der Waals surface area contributed by atoms with Gasteiger partial charge in [-0.05, 0) is 18.1 Å². The van der Waals surface area contributed by atoms with E-state index in [1.807, 2.05) is 6.07 Å². The second-order valence-corrected chi connectivity index (χ2v) is 3.02. The van der Waals surface area contributed by atoms with Gasteiger partial charge in [0.25, 0.3) is 11.0 Å². The van der Waals surface area contributed by atoms with Crippen LogP contribution in [0.1, 0.15) is 11.1 Å². The highest BCUT2D eigenvalue weighted by atomic mass is 32.2. The molecule has 0 aliphatic rings. The van der Waals surface area contributed by atoms with Gasteiger partial charge in [0.15, 0.2) is 0 Å². The van der Waals surface area contributed by atoms with Crippen LogP contribution in [0.3, 0.4) is 0 Å². The fourth-order valence-corrected chi connectivity index (χ4v) is 1.10. The van der Waals surface area contributed by atoms with Gasteiger partial charge in [-0.3, -0.25) is 4.18 Å². The molecule has 1 aromatic rings. The van der Waals surface area contributed by atoms with Crippen molar-refractivity contribution in [3.8, 4) is 0 Å². The van der Waals surface area contributed by atoms with Gasteiger partial charge in [0.05, 0.1) is 6.61 Å². The van der Waals surface area contributed by atoms with Crippen LogP contribution >= 0.6 is 0 Å². The molecule has 0 aliphatic carbocycles. The Kier molecular flexibility index (Phi) is 3.25. The van der Waals surface area contributed by atoms with Gasteiger partial charge in [-0.1, -0.05) is 24.3 Å². The van der Waals surface area contributed by atoms with Crippen molar-refractivity contribution >= 4 is 11.0 Å². The van der Waals surface area contributed by atoms with Crippen molar-refractivity contribution in [2.24, 2.45) is 0 Å². The fraction of sp³-hybridized carbons (Fsp3) is 0.125. The Hall–Kier alpha value is -0.870. The molecule has 1 radical (unpaired) electrons. The van der Waals surface area contributed by atoms with Gasteiger partial charge in [0.2, 0.25) is 0 Å². The maximum Gasteiger partial charge on any atom is 0.257 e. The third kappa shape index (κ3) is 3.02. The standard InChI is InChI=1S/C8H9O3S/c1-7-3-2-4-8(5-7)6-11-12(9)10/h2-5,12H,1,6H2. The van der Waals surface area contributed by atoms with Crippen molar-refractivity contribution in [3.63, 3.8) is 0 Å². The SMILES string of the molecule is [CH2]c1cccc(CO[SH](=O)=O)c1. The van der Waals surface area contributed by atoms with Crippen LogP contribution < -0.4 is 0 Å². The molecule has 0 heterocycles. The summed E-state index contributed by atoms with van der Waals surface area (Å²) in [5.74, 6) is 0. The maximum absolute atomic E-state index is 10.1. The highest BCUT2D eigenvalue weighted by molar-refractivity contribution is 7.67. The predicted octanol–water partition coefficient (Wildman–Crippen LogP) is 0.912. The highest BCUT2D eigenvalue weighted by Crippen LogP contribution is 2.04. The van der Waals surface area contributed by atoms with Crippen LogP contribution in [0, 0.1) is 6.92 Å². The zero-order valence-electron chi connectivity index (χ0n) is 6.40. The quantitative estimate of drug-likeness (QED) is 0.712. The summed E-state index contributed by atoms with van der Waals surface area (Å²) in [6.45, 7) is 3.79. The number of hydrogen-bond acceptors (Lipinski definition) is 3. The minimum atomic E-state index is -2.75. The molecule has 1 rings (SSSR count). The molecule has 12 heavy (non-hydrogen) atoms. The number of thiol groups is 1. The zero-order valence-corrected chi connectivity index (χ0v) is 7.29. The molecule has 3 nitrogen and oxygen atoms in total. The van der Waals surface area contributed by atoms with E-state index in [4.69, 9.17) is 0 Å². The normalized spacial score (nSPS) is 10.5. The van der Waals surface area contributed by atoms with E-state index in [1.165, 1.54) is 0 Å². The Morgan fingerprint density at radius 2 is 2.17 bits per heavy atom. The molecule has 1 aromatic carbocycles. The summed E-state index contributed by atoms with van der Waals surface area (Å²) in [6.07, 6.45) is 0. The molecule has 0 amide bonds. The molecule has 0 saturated carbocycles. The predicted molar refractivity (Wildman–Crippen MR) is 46.0 cm³/mol. The van der Waals surface area contributed by atoms with Crippen molar-refractivity contribution in [3.05, 3.63) is 42.3 Å². The van der Waals surface area contributed by atoms with Crippen LogP contribution in [0.2, 0.25) is 0 Å². The Morgan fingerprint density at radius 1 is 1.42 bits per heavy atom. The number of benzene rings is 1. The van der Waals surface area contributed by atoms with Crippen molar-refractivity contribution in [1.82, 2.24) is 0 Å². The lowest BCUT2D eigenvalue weighted by Crippen LogP contribution is -1.90. The summed E-state index contributed by atoms with van der Waals surface area (Å²) in [5, 5.41) is 0. The average Bonchev–Trinajstić information content (AvgIpc) is 2.01. The first-order valence-corrected chi connectivity index (χ1v) is 4.46. The number of rotatable bonds is 3. The van der Waals surface area contributed by atoms with Crippen molar-refractivity contribution in [2.45, 2.75) is 6.61 Å². The third-order valence-electron chi connectivity index (χ3n) is 1.33. The number of hydrogen-bond donors (Lipinski definition) is 1. The smallest absolute Gasteiger partial charge is 0.257 e. The monoisotopic (exact) mass is 185 g/mol. The van der Waals surface area contributed by atoms with E-state index in [0.717, 1.165) is 11.1 Å². The van der Waals surface area contributed by atoms with Crippen LogP contribution in [0.15, 0.2) is 24.3 Å². The third-order valence-corrected chi connectivity index (χ3v) is 1.67. The molecular weight excluding hydrogens is 176 g/mol. The second kappa shape index (κ2) is 4.23. The zero-order chi connectivity index (χ0) is 8.97. The van der Waals surface area contributed by atoms with Gasteiger partial charge >= 0.3 is 0 Å². The van der Waals surface area contributed by atoms with Crippen LogP contribution in [-0.4, -0.2) is 8.42 Å². The van der Waals surface area contributed by atoms with Crippen molar-refractivity contribution < 1.29 is 12.6 Å². The van der Waals surface area contributed by atoms with Gasteiger partial charge < -0.3 is 0 Å². The van der Waals surface area contributed by atoms with Gasteiger partial charge in [-0.25, -0.2) is 8.42 Å². The van der Waals surface area contributed by atoms with Gasteiger partial charge in [0.1, 0.15) is 0 Å². The molecule has 0 atom stereocenters. The van der Waals surface area contributed by atoms with E-state index in [1.54, 1.807) is 18.2 Å². The van der Waals surface area contributed by atoms with E-state index in [2.05, 4.69) is 11.1 Å². The molecule has 65 valence electrons. The Balaban J connectivity index is 2.63. The molecule has 0 N–H and O–H groups in total. The molecular formula is C8H9O3S. The molecule has 0 bridgehead atoms. The van der Waals surface area contributed by atoms with Crippen LogP contribution in [-0.2, 0) is 21.8 Å². The molecule has 0 fully saturated rings. The Labute approximate surface area is 73.1 Å². The average molecular weight is 185 g/mol. The lowest BCUT2D eigenvalue weighted by atomic mass is 10.1. The van der Waals surface area contributed by atoms with Gasteiger partial charge in [-0.2, -0.15) is 0 Å². The lowest BCUT2D eigenvalue weighted by Gasteiger charge is -1.98. The highest BCUT2D eigenvalue weighted by Gasteiger charge is 1.93. The summed E-state index contributed by atoms with van der Waals surface area (Å²) < 4.78 is 24.5. The maximum atomic E-state index is 10.1. The molecule has 0 spiro atoms. The largest absolute Gasteiger partial charge is 0.267 e. The fourth-order valence-electron chi connectivity index (χ4n) is 0.847. The van der Waals surface area contributed by atoms with E-state index in [-0.39, 0.29) is 6.61 Å². The minimum absolute atomic E-state index is 0.0854. The first-order chi connectivity index (χ1) is 5.68. The molecule has 0 unspecified atom stereocenters. The van der Waals surface area contributed by atoms with Crippen LogP contribution in [0.5, 0.6) is 0 Å². The Morgan fingerprint density at radius 3 is 2.75 bits per heavy atom. The van der Waals surface area contributed by atoms with Crippen LogP contribution in [0.25, 0.3) is 0 Å². The first kappa shape index (κ1) is 9.22. The van der Waals surface area contributed by atoms with Crippen molar-refractivity contribution in [1.29, 1.82) is 0 Å². The lowest BCUT2D eigenvalue weighted by molar-refractivity contribution is 0.323. The van der Waals surface area contributed by atoms with E-state index in [9.17, 15) is 8.42 Å². The first-order valence-electron chi connectivity index (χ1n) is 3.36. The summed E-state index contributed by atoms with van der Waals surface area (Å²) in [5.41, 5.74) is 1.65. The summed E-state index contributed by atoms with van der Waals surface area (Å²) >= 11 is 0. The minimum Gasteiger partial charge on any atom is -0.267 e. The molecule has 0 saturated heterocycles.